The topological polar surface area (TPSA) is 37.8 Å². The molecule has 1 N–H and O–H groups in total. The molecule has 18 heavy (non-hydrogen) atoms. The highest BCUT2D eigenvalue weighted by Gasteiger charge is 2.06. The number of anilines is 2. The van der Waals surface area contributed by atoms with Crippen LogP contribution in [0.2, 0.25) is 0 Å². The standard InChI is InChI=1S/C13H15N3S2/c1-9(2)8-17-13-16-15-12(18-13)14-11-7-5-4-6-10(11)3/h4-7H,1,8H2,2-3H3,(H,14,15). The average Bonchev–Trinajstić information content (AvgIpc) is 2.77. The van der Waals surface area contributed by atoms with Gasteiger partial charge in [0.1, 0.15) is 0 Å². The highest BCUT2D eigenvalue weighted by Crippen LogP contribution is 2.29. The summed E-state index contributed by atoms with van der Waals surface area (Å²) < 4.78 is 0.967. The van der Waals surface area contributed by atoms with Crippen molar-refractivity contribution >= 4 is 33.9 Å². The van der Waals surface area contributed by atoms with E-state index in [1.54, 1.807) is 23.1 Å². The van der Waals surface area contributed by atoms with Gasteiger partial charge < -0.3 is 5.32 Å². The molecule has 0 bridgehead atoms. The van der Waals surface area contributed by atoms with E-state index in [1.807, 2.05) is 25.1 Å². The van der Waals surface area contributed by atoms with Crippen LogP contribution in [-0.2, 0) is 0 Å². The van der Waals surface area contributed by atoms with E-state index in [0.29, 0.717) is 0 Å². The first-order chi connectivity index (χ1) is 8.65. The van der Waals surface area contributed by atoms with E-state index in [4.69, 9.17) is 0 Å². The van der Waals surface area contributed by atoms with Gasteiger partial charge in [0.15, 0.2) is 4.34 Å². The summed E-state index contributed by atoms with van der Waals surface area (Å²) in [7, 11) is 0. The van der Waals surface area contributed by atoms with Gasteiger partial charge in [0.25, 0.3) is 0 Å². The molecule has 0 atom stereocenters. The first kappa shape index (κ1) is 13.1. The predicted molar refractivity (Wildman–Crippen MR) is 79.9 cm³/mol. The number of rotatable bonds is 5. The fourth-order valence-corrected chi connectivity index (χ4v) is 2.94. The summed E-state index contributed by atoms with van der Waals surface area (Å²) in [5, 5.41) is 12.4. The van der Waals surface area contributed by atoms with E-state index < -0.39 is 0 Å². The molecule has 0 spiro atoms. The fourth-order valence-electron chi connectivity index (χ4n) is 1.33. The number of aryl methyl sites for hydroxylation is 1. The number of benzene rings is 1. The van der Waals surface area contributed by atoms with Crippen LogP contribution in [0.4, 0.5) is 10.8 Å². The van der Waals surface area contributed by atoms with E-state index >= 15 is 0 Å². The normalized spacial score (nSPS) is 10.3. The molecule has 0 aliphatic rings. The predicted octanol–water partition coefficient (Wildman–Crippen LogP) is 4.26. The van der Waals surface area contributed by atoms with Gasteiger partial charge in [-0.1, -0.05) is 53.4 Å². The molecule has 0 fully saturated rings. The summed E-state index contributed by atoms with van der Waals surface area (Å²) in [5.41, 5.74) is 3.41. The highest BCUT2D eigenvalue weighted by atomic mass is 32.2. The van der Waals surface area contributed by atoms with Crippen LogP contribution >= 0.6 is 23.1 Å². The van der Waals surface area contributed by atoms with Gasteiger partial charge in [-0.3, -0.25) is 0 Å². The van der Waals surface area contributed by atoms with E-state index in [9.17, 15) is 0 Å². The molecule has 0 saturated carbocycles. The van der Waals surface area contributed by atoms with Gasteiger partial charge in [-0.15, -0.1) is 10.2 Å². The number of hydrogen-bond acceptors (Lipinski definition) is 5. The van der Waals surface area contributed by atoms with Gasteiger partial charge in [-0.25, -0.2) is 0 Å². The molecule has 0 aliphatic carbocycles. The molecule has 0 radical (unpaired) electrons. The third kappa shape index (κ3) is 3.58. The zero-order chi connectivity index (χ0) is 13.0. The van der Waals surface area contributed by atoms with Crippen LogP contribution in [0.1, 0.15) is 12.5 Å². The van der Waals surface area contributed by atoms with Crippen LogP contribution in [0.3, 0.4) is 0 Å². The molecule has 1 aromatic carbocycles. The smallest absolute Gasteiger partial charge is 0.210 e. The molecule has 3 nitrogen and oxygen atoms in total. The SMILES string of the molecule is C=C(C)CSc1nnc(Nc2ccccc2C)s1. The minimum Gasteiger partial charge on any atom is -0.330 e. The van der Waals surface area contributed by atoms with Crippen molar-refractivity contribution in [2.75, 3.05) is 11.1 Å². The van der Waals surface area contributed by atoms with Crippen molar-refractivity contribution in [3.63, 3.8) is 0 Å². The largest absolute Gasteiger partial charge is 0.330 e. The molecule has 2 aromatic rings. The maximum atomic E-state index is 4.14. The monoisotopic (exact) mass is 277 g/mol. The second-order valence-electron chi connectivity index (χ2n) is 4.06. The van der Waals surface area contributed by atoms with Gasteiger partial charge in [-0.05, 0) is 25.5 Å². The first-order valence-corrected chi connectivity index (χ1v) is 7.38. The lowest BCUT2D eigenvalue weighted by Gasteiger charge is -2.04. The Morgan fingerprint density at radius 3 is 2.89 bits per heavy atom. The van der Waals surface area contributed by atoms with Crippen LogP contribution in [0.5, 0.6) is 0 Å². The van der Waals surface area contributed by atoms with E-state index in [2.05, 4.69) is 35.1 Å². The Hall–Kier alpha value is -1.33. The molecule has 5 heteroatoms. The number of nitrogens with one attached hydrogen (secondary N) is 1. The zero-order valence-corrected chi connectivity index (χ0v) is 12.1. The maximum Gasteiger partial charge on any atom is 0.210 e. The van der Waals surface area contributed by atoms with Crippen molar-refractivity contribution in [3.8, 4) is 0 Å². The quantitative estimate of drug-likeness (QED) is 0.654. The molecular weight excluding hydrogens is 262 g/mol. The number of para-hydroxylation sites is 1. The summed E-state index contributed by atoms with van der Waals surface area (Å²) in [5.74, 6) is 0.888. The third-order valence-electron chi connectivity index (χ3n) is 2.24. The van der Waals surface area contributed by atoms with Crippen LogP contribution in [0, 0.1) is 6.92 Å². The lowest BCUT2D eigenvalue weighted by Crippen LogP contribution is -1.91. The van der Waals surface area contributed by atoms with Crippen molar-refractivity contribution in [2.24, 2.45) is 0 Å². The molecule has 94 valence electrons. The Kier molecular flexibility index (Phi) is 4.38. The van der Waals surface area contributed by atoms with Gasteiger partial charge in [-0.2, -0.15) is 0 Å². The molecular formula is C13H15N3S2. The van der Waals surface area contributed by atoms with Crippen LogP contribution in [-0.4, -0.2) is 16.0 Å². The van der Waals surface area contributed by atoms with Crippen molar-refractivity contribution < 1.29 is 0 Å². The number of nitrogens with zero attached hydrogens (tertiary/aromatic N) is 2. The summed E-state index contributed by atoms with van der Waals surface area (Å²) in [6.07, 6.45) is 0. The first-order valence-electron chi connectivity index (χ1n) is 5.58. The van der Waals surface area contributed by atoms with Crippen LogP contribution in [0.15, 0.2) is 40.8 Å². The second-order valence-corrected chi connectivity index (χ2v) is 6.26. The molecule has 1 aromatic heterocycles. The Labute approximate surface area is 115 Å². The van der Waals surface area contributed by atoms with Gasteiger partial charge in [0.2, 0.25) is 5.13 Å². The lowest BCUT2D eigenvalue weighted by molar-refractivity contribution is 1.01. The summed E-state index contributed by atoms with van der Waals surface area (Å²) in [6.45, 7) is 7.96. The van der Waals surface area contributed by atoms with Gasteiger partial charge >= 0.3 is 0 Å². The lowest BCUT2D eigenvalue weighted by atomic mass is 10.2. The van der Waals surface area contributed by atoms with E-state index in [0.717, 1.165) is 26.5 Å². The van der Waals surface area contributed by atoms with Crippen molar-refractivity contribution in [1.82, 2.24) is 10.2 Å². The maximum absolute atomic E-state index is 4.14. The minimum atomic E-state index is 0.827. The Balaban J connectivity index is 2.02. The van der Waals surface area contributed by atoms with Crippen molar-refractivity contribution in [2.45, 2.75) is 18.2 Å². The zero-order valence-electron chi connectivity index (χ0n) is 10.4. The van der Waals surface area contributed by atoms with E-state index in [1.165, 1.54) is 5.56 Å². The van der Waals surface area contributed by atoms with Gasteiger partial charge in [0, 0.05) is 11.4 Å². The minimum absolute atomic E-state index is 0.827. The van der Waals surface area contributed by atoms with E-state index in [-0.39, 0.29) is 0 Å². The average molecular weight is 277 g/mol. The molecule has 0 saturated heterocycles. The summed E-state index contributed by atoms with van der Waals surface area (Å²) in [6, 6.07) is 8.14. The Bertz CT molecular complexity index is 549. The summed E-state index contributed by atoms with van der Waals surface area (Å²) in [4.78, 5) is 0. The fraction of sp³-hybridized carbons (Fsp3) is 0.231. The van der Waals surface area contributed by atoms with Crippen LogP contribution in [0.25, 0.3) is 0 Å². The molecule has 1 heterocycles. The molecule has 2 rings (SSSR count). The van der Waals surface area contributed by atoms with Crippen LogP contribution < -0.4 is 5.32 Å². The van der Waals surface area contributed by atoms with Gasteiger partial charge in [0.05, 0.1) is 0 Å². The molecule has 0 aliphatic heterocycles. The molecule has 0 amide bonds. The second kappa shape index (κ2) is 6.02. The van der Waals surface area contributed by atoms with Crippen molar-refractivity contribution in [3.05, 3.63) is 42.0 Å². The Morgan fingerprint density at radius 2 is 2.17 bits per heavy atom. The highest BCUT2D eigenvalue weighted by molar-refractivity contribution is 8.01. The van der Waals surface area contributed by atoms with Crippen molar-refractivity contribution in [1.29, 1.82) is 0 Å². The number of aromatic nitrogens is 2. The molecule has 0 unspecified atom stereocenters. The Morgan fingerprint density at radius 1 is 1.39 bits per heavy atom. The number of hydrogen-bond donors (Lipinski definition) is 1. The third-order valence-corrected chi connectivity index (χ3v) is 4.44. The number of thioether (sulfide) groups is 1. The summed E-state index contributed by atoms with van der Waals surface area (Å²) >= 11 is 3.24.